The number of rotatable bonds is 5. The molecule has 4 aromatic rings. The van der Waals surface area contributed by atoms with E-state index in [0.29, 0.717) is 33.7 Å². The van der Waals surface area contributed by atoms with Gasteiger partial charge in [0.2, 0.25) is 17.7 Å². The van der Waals surface area contributed by atoms with Crippen molar-refractivity contribution >= 4 is 28.3 Å². The molecule has 8 heteroatoms. The maximum absolute atomic E-state index is 14.9. The van der Waals surface area contributed by atoms with E-state index in [1.54, 1.807) is 36.7 Å². The van der Waals surface area contributed by atoms with E-state index >= 15 is 0 Å². The number of carbonyl (C=O) groups excluding carboxylic acids is 1. The molecule has 2 aromatic heterocycles. The van der Waals surface area contributed by atoms with Crippen LogP contribution in [-0.4, -0.2) is 20.9 Å². The highest BCUT2D eigenvalue weighted by Gasteiger charge is 2.65. The Hall–Kier alpha value is -4.07. The summed E-state index contributed by atoms with van der Waals surface area (Å²) in [5.74, 6) is 0.407. The van der Waals surface area contributed by atoms with Gasteiger partial charge in [0.15, 0.2) is 0 Å². The van der Waals surface area contributed by atoms with Gasteiger partial charge in [-0.25, -0.2) is 19.3 Å². The lowest BCUT2D eigenvalue weighted by molar-refractivity contribution is -0.117. The van der Waals surface area contributed by atoms with Crippen molar-refractivity contribution < 1.29 is 13.9 Å². The first-order chi connectivity index (χ1) is 16.4. The van der Waals surface area contributed by atoms with Crippen LogP contribution in [0.25, 0.3) is 22.0 Å². The van der Waals surface area contributed by atoms with Crippen LogP contribution >= 0.6 is 0 Å². The van der Waals surface area contributed by atoms with Crippen molar-refractivity contribution in [3.8, 4) is 22.9 Å². The molecule has 0 aliphatic heterocycles. The Balaban J connectivity index is 1.40. The third-order valence-corrected chi connectivity index (χ3v) is 6.86. The lowest BCUT2D eigenvalue weighted by Gasteiger charge is -2.16. The Morgan fingerprint density at radius 1 is 1.12 bits per heavy atom. The molecule has 2 fully saturated rings. The fourth-order valence-electron chi connectivity index (χ4n) is 4.65. The zero-order valence-electron chi connectivity index (χ0n) is 18.5. The first kappa shape index (κ1) is 20.5. The largest absolute Gasteiger partial charge is 0.437 e. The number of aromatic nitrogens is 3. The second-order valence-electron chi connectivity index (χ2n) is 9.10. The lowest BCUT2D eigenvalue weighted by atomic mass is 10.0. The van der Waals surface area contributed by atoms with Gasteiger partial charge in [-0.15, -0.1) is 0 Å². The number of hydrogen-bond donors (Lipinski definition) is 2. The number of nitrogens with one attached hydrogen (secondary N) is 1. The Labute approximate surface area is 195 Å². The van der Waals surface area contributed by atoms with Crippen LogP contribution < -0.4 is 15.8 Å². The Bertz CT molecular complexity index is 1470. The van der Waals surface area contributed by atoms with Crippen molar-refractivity contribution in [3.63, 3.8) is 0 Å². The maximum Gasteiger partial charge on any atom is 0.228 e. The van der Waals surface area contributed by atoms with Crippen LogP contribution in [0.15, 0.2) is 54.9 Å². The zero-order chi connectivity index (χ0) is 23.4. The Morgan fingerprint density at radius 2 is 1.94 bits per heavy atom. The van der Waals surface area contributed by atoms with E-state index in [4.69, 9.17) is 10.5 Å². The lowest BCUT2D eigenvalue weighted by Crippen LogP contribution is -2.16. The maximum atomic E-state index is 14.9. The van der Waals surface area contributed by atoms with Crippen LogP contribution in [0.4, 0.5) is 16.0 Å². The molecule has 170 valence electrons. The van der Waals surface area contributed by atoms with E-state index < -0.39 is 5.82 Å². The minimum Gasteiger partial charge on any atom is -0.437 e. The second kappa shape index (κ2) is 7.48. The van der Waals surface area contributed by atoms with Gasteiger partial charge >= 0.3 is 0 Å². The van der Waals surface area contributed by atoms with Crippen molar-refractivity contribution in [3.05, 3.63) is 66.2 Å². The zero-order valence-corrected chi connectivity index (χ0v) is 18.5. The summed E-state index contributed by atoms with van der Waals surface area (Å²) in [4.78, 5) is 25.4. The number of ether oxygens (including phenoxy) is 1. The van der Waals surface area contributed by atoms with Crippen LogP contribution in [0.3, 0.4) is 0 Å². The summed E-state index contributed by atoms with van der Waals surface area (Å²) in [5, 5.41) is 4.09. The average molecular weight is 455 g/mol. The van der Waals surface area contributed by atoms with Crippen molar-refractivity contribution in [2.75, 3.05) is 11.1 Å². The monoisotopic (exact) mass is 455 g/mol. The molecule has 0 saturated heterocycles. The number of carbonyl (C=O) groups is 1. The van der Waals surface area contributed by atoms with Gasteiger partial charge in [-0.05, 0) is 67.5 Å². The van der Waals surface area contributed by atoms with Crippen molar-refractivity contribution in [2.45, 2.75) is 26.2 Å². The van der Waals surface area contributed by atoms with Crippen molar-refractivity contribution in [1.82, 2.24) is 15.0 Å². The Morgan fingerprint density at radius 3 is 2.71 bits per heavy atom. The smallest absolute Gasteiger partial charge is 0.228 e. The van der Waals surface area contributed by atoms with E-state index in [-0.39, 0.29) is 28.9 Å². The van der Waals surface area contributed by atoms with Gasteiger partial charge in [0, 0.05) is 29.1 Å². The number of nitrogen functional groups attached to an aromatic ring is 1. The molecule has 3 N–H and O–H groups in total. The van der Waals surface area contributed by atoms with Gasteiger partial charge in [-0.2, -0.15) is 0 Å². The highest BCUT2D eigenvalue weighted by molar-refractivity contribution is 6.06. The molecule has 0 radical (unpaired) electrons. The predicted octanol–water partition coefficient (Wildman–Crippen LogP) is 5.25. The molecule has 0 bridgehead atoms. The molecule has 1 spiro atoms. The number of aryl methyl sites for hydroxylation is 1. The second-order valence-corrected chi connectivity index (χ2v) is 9.10. The van der Waals surface area contributed by atoms with Gasteiger partial charge < -0.3 is 15.8 Å². The van der Waals surface area contributed by atoms with E-state index in [1.165, 1.54) is 6.07 Å². The van der Waals surface area contributed by atoms with E-state index in [1.807, 2.05) is 19.1 Å². The van der Waals surface area contributed by atoms with Gasteiger partial charge in [0.25, 0.3) is 0 Å². The average Bonchev–Trinajstić information content (AvgIpc) is 3.76. The van der Waals surface area contributed by atoms with Crippen LogP contribution in [-0.2, 0) is 4.79 Å². The molecule has 1 amide bonds. The number of anilines is 2. The third kappa shape index (κ3) is 3.42. The minimum atomic E-state index is -0.476. The van der Waals surface area contributed by atoms with Crippen molar-refractivity contribution in [2.24, 2.45) is 11.3 Å². The highest BCUT2D eigenvalue weighted by atomic mass is 19.1. The first-order valence-electron chi connectivity index (χ1n) is 11.2. The molecule has 34 heavy (non-hydrogen) atoms. The molecular formula is C26H22FN5O2. The van der Waals surface area contributed by atoms with Gasteiger partial charge in [0.05, 0.1) is 16.9 Å². The number of pyridine rings is 1. The first-order valence-corrected chi connectivity index (χ1v) is 11.2. The fourth-order valence-corrected chi connectivity index (χ4v) is 4.65. The molecule has 6 rings (SSSR count). The van der Waals surface area contributed by atoms with Crippen LogP contribution in [0.5, 0.6) is 11.6 Å². The van der Waals surface area contributed by atoms with Gasteiger partial charge in [-0.3, -0.25) is 4.79 Å². The van der Waals surface area contributed by atoms with Crippen molar-refractivity contribution in [1.29, 1.82) is 0 Å². The predicted molar refractivity (Wildman–Crippen MR) is 127 cm³/mol. The summed E-state index contributed by atoms with van der Waals surface area (Å²) in [5.41, 5.74) is 8.19. The summed E-state index contributed by atoms with van der Waals surface area (Å²) in [6.45, 7) is 1.91. The number of nitrogens with zero attached hydrogens (tertiary/aromatic N) is 3. The molecule has 7 nitrogen and oxygen atoms in total. The SMILES string of the molecule is Cc1ccc2c(NC(=O)[C@H]3CC34CC4)c(F)ccc2c1Oc1ncccc1-c1ccnc(N)n1. The minimum absolute atomic E-state index is 0.0142. The molecular weight excluding hydrogens is 433 g/mol. The standard InChI is InChI=1S/C26H22FN5O2/c1-14-4-5-15-16(6-7-19(27)21(15)32-23(33)18-13-26(18)9-10-26)22(14)34-24-17(3-2-11-29-24)20-8-12-30-25(28)31-20/h2-8,11-12,18H,9-10,13H2,1H3,(H,32,33)(H2,28,30,31)/t18-/m1/s1. The molecule has 2 heterocycles. The number of benzene rings is 2. The van der Waals surface area contributed by atoms with E-state index in [0.717, 1.165) is 24.8 Å². The third-order valence-electron chi connectivity index (χ3n) is 6.86. The molecule has 2 aliphatic carbocycles. The van der Waals surface area contributed by atoms with Crippen LogP contribution in [0, 0.1) is 24.1 Å². The summed E-state index contributed by atoms with van der Waals surface area (Å²) in [6.07, 6.45) is 6.27. The summed E-state index contributed by atoms with van der Waals surface area (Å²) >= 11 is 0. The molecule has 2 aromatic carbocycles. The summed E-state index contributed by atoms with van der Waals surface area (Å²) in [7, 11) is 0. The van der Waals surface area contributed by atoms with Crippen LogP contribution in [0.2, 0.25) is 0 Å². The molecule has 1 atom stereocenters. The van der Waals surface area contributed by atoms with E-state index in [9.17, 15) is 9.18 Å². The number of amides is 1. The quantitative estimate of drug-likeness (QED) is 0.426. The summed E-state index contributed by atoms with van der Waals surface area (Å²) in [6, 6.07) is 12.0. The van der Waals surface area contributed by atoms with Gasteiger partial charge in [-0.1, -0.05) is 12.1 Å². The highest BCUT2D eigenvalue weighted by Crippen LogP contribution is 2.70. The topological polar surface area (TPSA) is 103 Å². The number of hydrogen-bond acceptors (Lipinski definition) is 6. The normalized spacial score (nSPS) is 17.5. The number of halogens is 1. The van der Waals surface area contributed by atoms with E-state index in [2.05, 4.69) is 20.3 Å². The van der Waals surface area contributed by atoms with Crippen LogP contribution in [0.1, 0.15) is 24.8 Å². The molecule has 0 unspecified atom stereocenters. The fraction of sp³-hybridized carbons (Fsp3) is 0.231. The van der Waals surface area contributed by atoms with Gasteiger partial charge in [0.1, 0.15) is 11.6 Å². The number of nitrogens with two attached hydrogens (primary N) is 1. The Kier molecular flexibility index (Phi) is 4.52. The number of fused-ring (bicyclic) bond motifs is 1. The summed E-state index contributed by atoms with van der Waals surface area (Å²) < 4.78 is 21.2. The molecule has 2 aliphatic rings. The molecule has 2 saturated carbocycles.